The number of hydrogen-bond acceptors (Lipinski definition) is 5. The van der Waals surface area contributed by atoms with Gasteiger partial charge in [0.1, 0.15) is 12.2 Å². The van der Waals surface area contributed by atoms with Crippen LogP contribution in [-0.4, -0.2) is 40.3 Å². The summed E-state index contributed by atoms with van der Waals surface area (Å²) in [6, 6.07) is 5.42. The largest absolute Gasteiger partial charge is 0.394 e. The van der Waals surface area contributed by atoms with E-state index in [0.29, 0.717) is 5.56 Å². The molecule has 0 spiro atoms. The highest BCUT2D eigenvalue weighted by atomic mass is 35.5. The molecule has 0 aromatic heterocycles. The van der Waals surface area contributed by atoms with Crippen LogP contribution < -0.4 is 0 Å². The van der Waals surface area contributed by atoms with Gasteiger partial charge in [0.25, 0.3) is 5.69 Å². The predicted molar refractivity (Wildman–Crippen MR) is 65.6 cm³/mol. The van der Waals surface area contributed by atoms with E-state index in [2.05, 4.69) is 0 Å². The molecule has 0 aliphatic carbocycles. The summed E-state index contributed by atoms with van der Waals surface area (Å²) in [4.78, 5) is 9.95. The molecule has 0 amide bonds. The van der Waals surface area contributed by atoms with E-state index in [0.717, 1.165) is 0 Å². The third-order valence-electron chi connectivity index (χ3n) is 2.39. The van der Waals surface area contributed by atoms with Crippen LogP contribution in [0.15, 0.2) is 24.3 Å². The molecule has 7 heteroatoms. The van der Waals surface area contributed by atoms with Crippen molar-refractivity contribution in [3.63, 3.8) is 0 Å². The number of non-ortho nitro benzene ring substituents is 1. The van der Waals surface area contributed by atoms with Crippen LogP contribution in [0.3, 0.4) is 0 Å². The molecular weight excluding hydrogens is 262 g/mol. The molecule has 6 nitrogen and oxygen atoms in total. The summed E-state index contributed by atoms with van der Waals surface area (Å²) >= 11 is 5.45. The van der Waals surface area contributed by atoms with Crippen LogP contribution in [0.5, 0.6) is 0 Å². The average Bonchev–Trinajstić information content (AvgIpc) is 2.39. The van der Waals surface area contributed by atoms with Crippen molar-refractivity contribution in [3.8, 4) is 0 Å². The minimum Gasteiger partial charge on any atom is -0.394 e. The maximum atomic E-state index is 10.5. The number of ether oxygens (including phenoxy) is 1. The maximum absolute atomic E-state index is 10.5. The number of aliphatic hydroxyl groups excluding tert-OH is 2. The summed E-state index contributed by atoms with van der Waals surface area (Å²) in [5, 5.41) is 29.5. The van der Waals surface area contributed by atoms with E-state index >= 15 is 0 Å². The smallest absolute Gasteiger partial charge is 0.269 e. The van der Waals surface area contributed by atoms with Gasteiger partial charge in [-0.15, -0.1) is 11.6 Å². The van der Waals surface area contributed by atoms with Crippen molar-refractivity contribution in [3.05, 3.63) is 39.9 Å². The predicted octanol–water partition coefficient (Wildman–Crippen LogP) is 1.24. The molecule has 18 heavy (non-hydrogen) atoms. The van der Waals surface area contributed by atoms with Gasteiger partial charge in [0.15, 0.2) is 0 Å². The van der Waals surface area contributed by atoms with Crippen molar-refractivity contribution in [1.82, 2.24) is 0 Å². The molecule has 1 rings (SSSR count). The molecule has 100 valence electrons. The van der Waals surface area contributed by atoms with Gasteiger partial charge < -0.3 is 14.9 Å². The average molecular weight is 276 g/mol. The number of nitro groups is 1. The molecule has 2 atom stereocenters. The van der Waals surface area contributed by atoms with E-state index in [4.69, 9.17) is 21.4 Å². The molecule has 0 bridgehead atoms. The van der Waals surface area contributed by atoms with Gasteiger partial charge in [0.2, 0.25) is 0 Å². The van der Waals surface area contributed by atoms with Gasteiger partial charge in [-0.3, -0.25) is 10.1 Å². The molecule has 0 radical (unpaired) electrons. The van der Waals surface area contributed by atoms with Crippen LogP contribution in [0, 0.1) is 10.1 Å². The number of halogens is 1. The summed E-state index contributed by atoms with van der Waals surface area (Å²) in [5.74, 6) is 0.253. The third-order valence-corrected chi connectivity index (χ3v) is 2.54. The molecule has 0 saturated heterocycles. The first-order valence-corrected chi connectivity index (χ1v) is 5.84. The van der Waals surface area contributed by atoms with Gasteiger partial charge in [-0.2, -0.15) is 0 Å². The summed E-state index contributed by atoms with van der Waals surface area (Å²) in [7, 11) is 0. The van der Waals surface area contributed by atoms with Crippen molar-refractivity contribution in [2.45, 2.75) is 12.2 Å². The highest BCUT2D eigenvalue weighted by molar-refractivity contribution is 6.17. The van der Waals surface area contributed by atoms with Gasteiger partial charge in [0.05, 0.1) is 18.1 Å². The zero-order valence-corrected chi connectivity index (χ0v) is 10.3. The summed E-state index contributed by atoms with van der Waals surface area (Å²) in [6.45, 7) is -0.161. The summed E-state index contributed by atoms with van der Waals surface area (Å²) < 4.78 is 5.17. The van der Waals surface area contributed by atoms with Crippen LogP contribution in [0.2, 0.25) is 0 Å². The highest BCUT2D eigenvalue weighted by Gasteiger charge is 2.21. The van der Waals surface area contributed by atoms with E-state index in [1.165, 1.54) is 24.3 Å². The molecule has 0 aliphatic heterocycles. The van der Waals surface area contributed by atoms with Crippen LogP contribution in [0.1, 0.15) is 11.7 Å². The Morgan fingerprint density at radius 2 is 2.00 bits per heavy atom. The minimum absolute atomic E-state index is 0.0619. The molecule has 1 aromatic rings. The van der Waals surface area contributed by atoms with E-state index in [1.54, 1.807) is 0 Å². The third kappa shape index (κ3) is 3.92. The number of benzene rings is 1. The normalized spacial score (nSPS) is 14.2. The quantitative estimate of drug-likeness (QED) is 0.444. The number of alkyl halides is 1. The van der Waals surface area contributed by atoms with Crippen LogP contribution in [0.25, 0.3) is 0 Å². The van der Waals surface area contributed by atoms with Crippen molar-refractivity contribution in [2.24, 2.45) is 0 Å². The van der Waals surface area contributed by atoms with Crippen molar-refractivity contribution in [2.75, 3.05) is 19.1 Å². The fourth-order valence-electron chi connectivity index (χ4n) is 1.45. The molecule has 0 fully saturated rings. The standard InChI is InChI=1S/C11H14ClNO5/c12-5-6-18-10(7-14)11(15)8-1-3-9(4-2-8)13(16)17/h1-4,10-11,14-15H,5-7H2/t10-,11+/m1/s1. The maximum Gasteiger partial charge on any atom is 0.269 e. The second kappa shape index (κ2) is 7.27. The zero-order chi connectivity index (χ0) is 13.5. The van der Waals surface area contributed by atoms with E-state index in [-0.39, 0.29) is 24.8 Å². The van der Waals surface area contributed by atoms with E-state index in [1.807, 2.05) is 0 Å². The van der Waals surface area contributed by atoms with Gasteiger partial charge in [-0.05, 0) is 17.7 Å². The van der Waals surface area contributed by atoms with E-state index < -0.39 is 17.1 Å². The van der Waals surface area contributed by atoms with Gasteiger partial charge in [0, 0.05) is 18.0 Å². The Morgan fingerprint density at radius 1 is 1.39 bits per heavy atom. The van der Waals surface area contributed by atoms with Crippen LogP contribution >= 0.6 is 11.6 Å². The Labute approximate surface area is 109 Å². The monoisotopic (exact) mass is 275 g/mol. The van der Waals surface area contributed by atoms with Gasteiger partial charge >= 0.3 is 0 Å². The number of rotatable bonds is 7. The van der Waals surface area contributed by atoms with Gasteiger partial charge in [-0.1, -0.05) is 0 Å². The fraction of sp³-hybridized carbons (Fsp3) is 0.455. The Kier molecular flexibility index (Phi) is 6.00. The SMILES string of the molecule is O=[N+]([O-])c1ccc([C@H](O)[C@@H](CO)OCCCl)cc1. The lowest BCUT2D eigenvalue weighted by atomic mass is 10.0. The Hall–Kier alpha value is -1.21. The molecule has 1 aromatic carbocycles. The fourth-order valence-corrected chi connectivity index (χ4v) is 1.54. The van der Waals surface area contributed by atoms with Crippen LogP contribution in [0.4, 0.5) is 5.69 Å². The first-order valence-electron chi connectivity index (χ1n) is 5.31. The van der Waals surface area contributed by atoms with E-state index in [9.17, 15) is 15.2 Å². The van der Waals surface area contributed by atoms with Gasteiger partial charge in [-0.25, -0.2) is 0 Å². The Morgan fingerprint density at radius 3 is 2.44 bits per heavy atom. The summed E-state index contributed by atoms with van der Waals surface area (Å²) in [5.41, 5.74) is 0.377. The molecule has 2 N–H and O–H groups in total. The number of aliphatic hydroxyl groups is 2. The lowest BCUT2D eigenvalue weighted by molar-refractivity contribution is -0.384. The topological polar surface area (TPSA) is 92.8 Å². The van der Waals surface area contributed by atoms with Crippen molar-refractivity contribution in [1.29, 1.82) is 0 Å². The minimum atomic E-state index is -1.06. The number of hydrogen-bond donors (Lipinski definition) is 2. The lowest BCUT2D eigenvalue weighted by Gasteiger charge is -2.21. The second-order valence-corrected chi connectivity index (χ2v) is 3.95. The Bertz CT molecular complexity index is 384. The Balaban J connectivity index is 2.75. The number of nitrogens with zero attached hydrogens (tertiary/aromatic N) is 1. The zero-order valence-electron chi connectivity index (χ0n) is 9.53. The molecule has 0 aliphatic rings. The first-order chi connectivity index (χ1) is 8.60. The van der Waals surface area contributed by atoms with Crippen LogP contribution in [-0.2, 0) is 4.74 Å². The molecule has 0 heterocycles. The number of nitro benzene ring substituents is 1. The second-order valence-electron chi connectivity index (χ2n) is 3.57. The highest BCUT2D eigenvalue weighted by Crippen LogP contribution is 2.21. The molecule has 0 unspecified atom stereocenters. The first kappa shape index (κ1) is 14.8. The van der Waals surface area contributed by atoms with Crippen molar-refractivity contribution >= 4 is 17.3 Å². The molecular formula is C11H14ClNO5. The summed E-state index contributed by atoms with van der Waals surface area (Å²) in [6.07, 6.45) is -1.86. The van der Waals surface area contributed by atoms with Crippen molar-refractivity contribution < 1.29 is 19.9 Å². The molecule has 0 saturated carbocycles. The lowest BCUT2D eigenvalue weighted by Crippen LogP contribution is -2.27.